The summed E-state index contributed by atoms with van der Waals surface area (Å²) in [6, 6.07) is 14.8. The summed E-state index contributed by atoms with van der Waals surface area (Å²) in [5.74, 6) is 6.86. The molecule has 2 aromatic carbocycles. The van der Waals surface area contributed by atoms with Crippen LogP contribution in [0.5, 0.6) is 5.75 Å². The van der Waals surface area contributed by atoms with Crippen LogP contribution >= 0.6 is 27.7 Å². The standard InChI is InChI=1S/C18H18BrN7O2S/c1-28-15-8-3-2-5-12(15)10-21-23-17-24-25-18(26(17)20)29-11-16(27)22-14-7-4-6-13(19)9-14/h2-10H,11,20H2,1H3,(H,22,27)(H,23,24)/b21-10+. The number of nitrogens with zero attached hydrogens (tertiary/aromatic N) is 4. The zero-order valence-electron chi connectivity index (χ0n) is 15.4. The van der Waals surface area contributed by atoms with E-state index in [1.54, 1.807) is 19.4 Å². The van der Waals surface area contributed by atoms with Crippen LogP contribution in [-0.4, -0.2) is 39.9 Å². The molecule has 29 heavy (non-hydrogen) atoms. The van der Waals surface area contributed by atoms with E-state index in [1.165, 1.54) is 4.68 Å². The van der Waals surface area contributed by atoms with Gasteiger partial charge in [-0.25, -0.2) is 10.1 Å². The van der Waals surface area contributed by atoms with Gasteiger partial charge in [-0.1, -0.05) is 45.9 Å². The number of hydrogen-bond acceptors (Lipinski definition) is 8. The largest absolute Gasteiger partial charge is 0.496 e. The molecular weight excluding hydrogens is 458 g/mol. The lowest BCUT2D eigenvalue weighted by molar-refractivity contribution is -0.113. The number of anilines is 2. The number of hydrogen-bond donors (Lipinski definition) is 3. The first-order valence-electron chi connectivity index (χ1n) is 8.37. The number of nitrogen functional groups attached to an aromatic ring is 1. The van der Waals surface area contributed by atoms with Crippen LogP contribution < -0.4 is 21.3 Å². The normalized spacial score (nSPS) is 10.8. The molecule has 0 atom stereocenters. The smallest absolute Gasteiger partial charge is 0.264 e. The third kappa shape index (κ3) is 5.72. The summed E-state index contributed by atoms with van der Waals surface area (Å²) in [4.78, 5) is 12.1. The summed E-state index contributed by atoms with van der Waals surface area (Å²) in [6.07, 6.45) is 1.59. The van der Waals surface area contributed by atoms with E-state index in [1.807, 2.05) is 42.5 Å². The monoisotopic (exact) mass is 475 g/mol. The quantitative estimate of drug-likeness (QED) is 0.198. The van der Waals surface area contributed by atoms with Gasteiger partial charge in [0.1, 0.15) is 5.75 Å². The highest BCUT2D eigenvalue weighted by Gasteiger charge is 2.12. The Labute approximate surface area is 179 Å². The molecule has 3 rings (SSSR count). The Morgan fingerprint density at radius 2 is 2.14 bits per heavy atom. The number of carbonyl (C=O) groups is 1. The van der Waals surface area contributed by atoms with Gasteiger partial charge in [-0.3, -0.25) is 4.79 Å². The van der Waals surface area contributed by atoms with Crippen molar-refractivity contribution in [3.05, 3.63) is 58.6 Å². The highest BCUT2D eigenvalue weighted by Crippen LogP contribution is 2.19. The average Bonchev–Trinajstić information content (AvgIpc) is 3.06. The number of thioether (sulfide) groups is 1. The maximum atomic E-state index is 12.1. The first-order valence-corrected chi connectivity index (χ1v) is 10.2. The number of benzene rings is 2. The third-order valence-electron chi connectivity index (χ3n) is 3.61. The van der Waals surface area contributed by atoms with Crippen LogP contribution in [0.15, 0.2) is 63.3 Å². The maximum absolute atomic E-state index is 12.1. The van der Waals surface area contributed by atoms with E-state index >= 15 is 0 Å². The number of carbonyl (C=O) groups excluding carboxylic acids is 1. The molecule has 1 aromatic heterocycles. The van der Waals surface area contributed by atoms with Gasteiger partial charge in [0.15, 0.2) is 0 Å². The predicted molar refractivity (Wildman–Crippen MR) is 118 cm³/mol. The van der Waals surface area contributed by atoms with Crippen molar-refractivity contribution in [1.82, 2.24) is 14.9 Å². The molecule has 0 aliphatic carbocycles. The molecule has 0 bridgehead atoms. The van der Waals surface area contributed by atoms with E-state index in [0.29, 0.717) is 16.6 Å². The van der Waals surface area contributed by atoms with Gasteiger partial charge in [-0.15, -0.1) is 10.2 Å². The van der Waals surface area contributed by atoms with Crippen molar-refractivity contribution in [2.45, 2.75) is 5.16 Å². The van der Waals surface area contributed by atoms with Crippen molar-refractivity contribution in [2.75, 3.05) is 29.4 Å². The molecule has 0 unspecified atom stereocenters. The highest BCUT2D eigenvalue weighted by atomic mass is 79.9. The molecule has 150 valence electrons. The number of aromatic nitrogens is 3. The molecule has 0 spiro atoms. The van der Waals surface area contributed by atoms with E-state index in [9.17, 15) is 4.79 Å². The first kappa shape index (κ1) is 20.7. The van der Waals surface area contributed by atoms with Crippen LogP contribution in [0.25, 0.3) is 0 Å². The Morgan fingerprint density at radius 3 is 2.93 bits per heavy atom. The molecule has 0 fully saturated rings. The zero-order valence-corrected chi connectivity index (χ0v) is 17.8. The maximum Gasteiger partial charge on any atom is 0.264 e. The molecule has 0 aliphatic heterocycles. The van der Waals surface area contributed by atoms with Crippen molar-refractivity contribution in [1.29, 1.82) is 0 Å². The van der Waals surface area contributed by atoms with Crippen LogP contribution in [0.2, 0.25) is 0 Å². The Hall–Kier alpha value is -3.05. The van der Waals surface area contributed by atoms with Gasteiger partial charge in [0.2, 0.25) is 11.1 Å². The van der Waals surface area contributed by atoms with Crippen molar-refractivity contribution in [3.63, 3.8) is 0 Å². The lowest BCUT2D eigenvalue weighted by atomic mass is 10.2. The number of nitrogens with one attached hydrogen (secondary N) is 2. The second-order valence-electron chi connectivity index (χ2n) is 5.64. The molecule has 1 amide bonds. The van der Waals surface area contributed by atoms with E-state index < -0.39 is 0 Å². The fourth-order valence-electron chi connectivity index (χ4n) is 2.28. The van der Waals surface area contributed by atoms with Gasteiger partial charge in [0, 0.05) is 15.7 Å². The fraction of sp³-hybridized carbons (Fsp3) is 0.111. The van der Waals surface area contributed by atoms with E-state index in [4.69, 9.17) is 10.6 Å². The van der Waals surface area contributed by atoms with Crippen molar-refractivity contribution in [3.8, 4) is 5.75 Å². The molecular formula is C18H18BrN7O2S. The molecule has 3 aromatic rings. The first-order chi connectivity index (χ1) is 14.1. The van der Waals surface area contributed by atoms with Crippen LogP contribution in [0.1, 0.15) is 5.56 Å². The Kier molecular flexibility index (Phi) is 7.09. The van der Waals surface area contributed by atoms with Gasteiger partial charge in [-0.05, 0) is 30.3 Å². The summed E-state index contributed by atoms with van der Waals surface area (Å²) < 4.78 is 7.37. The Balaban J connectivity index is 1.55. The number of rotatable bonds is 8. The summed E-state index contributed by atoms with van der Waals surface area (Å²) in [7, 11) is 1.59. The molecule has 9 nitrogen and oxygen atoms in total. The summed E-state index contributed by atoms with van der Waals surface area (Å²) in [5.41, 5.74) is 4.22. The highest BCUT2D eigenvalue weighted by molar-refractivity contribution is 9.10. The van der Waals surface area contributed by atoms with Crippen molar-refractivity contribution < 1.29 is 9.53 Å². The Bertz CT molecular complexity index is 1020. The van der Waals surface area contributed by atoms with Gasteiger partial charge in [0.05, 0.1) is 19.1 Å². The number of hydrazone groups is 1. The van der Waals surface area contributed by atoms with Crippen LogP contribution in [0, 0.1) is 0 Å². The summed E-state index contributed by atoms with van der Waals surface area (Å²) in [5, 5.41) is 15.2. The van der Waals surface area contributed by atoms with E-state index in [2.05, 4.69) is 42.0 Å². The van der Waals surface area contributed by atoms with E-state index in [0.717, 1.165) is 21.8 Å². The van der Waals surface area contributed by atoms with Gasteiger partial charge < -0.3 is 15.9 Å². The second-order valence-corrected chi connectivity index (χ2v) is 7.49. The topological polar surface area (TPSA) is 119 Å². The molecule has 0 aliphatic rings. The van der Waals surface area contributed by atoms with Crippen LogP contribution in [-0.2, 0) is 4.79 Å². The predicted octanol–water partition coefficient (Wildman–Crippen LogP) is 2.94. The minimum atomic E-state index is -0.181. The molecule has 11 heteroatoms. The molecule has 0 radical (unpaired) electrons. The van der Waals surface area contributed by atoms with Crippen LogP contribution in [0.3, 0.4) is 0 Å². The number of nitrogens with two attached hydrogens (primary N) is 1. The number of ether oxygens (including phenoxy) is 1. The number of methoxy groups -OCH3 is 1. The lowest BCUT2D eigenvalue weighted by Gasteiger charge is -2.06. The third-order valence-corrected chi connectivity index (χ3v) is 5.05. The van der Waals surface area contributed by atoms with Crippen LogP contribution in [0.4, 0.5) is 11.6 Å². The van der Waals surface area contributed by atoms with Crippen molar-refractivity contribution >= 4 is 51.4 Å². The number of para-hydroxylation sites is 1. The molecule has 4 N–H and O–H groups in total. The SMILES string of the molecule is COc1ccccc1/C=N/Nc1nnc(SCC(=O)Nc2cccc(Br)c2)n1N. The molecule has 1 heterocycles. The van der Waals surface area contributed by atoms with Crippen molar-refractivity contribution in [2.24, 2.45) is 5.10 Å². The Morgan fingerprint density at radius 1 is 1.31 bits per heavy atom. The van der Waals surface area contributed by atoms with Gasteiger partial charge >= 0.3 is 0 Å². The van der Waals surface area contributed by atoms with E-state index in [-0.39, 0.29) is 17.6 Å². The fourth-order valence-corrected chi connectivity index (χ4v) is 3.33. The summed E-state index contributed by atoms with van der Waals surface area (Å²) >= 11 is 4.53. The summed E-state index contributed by atoms with van der Waals surface area (Å²) in [6.45, 7) is 0. The zero-order chi connectivity index (χ0) is 20.6. The van der Waals surface area contributed by atoms with Gasteiger partial charge in [-0.2, -0.15) is 5.10 Å². The number of amides is 1. The lowest BCUT2D eigenvalue weighted by Crippen LogP contribution is -2.16. The minimum Gasteiger partial charge on any atom is -0.496 e. The molecule has 0 saturated heterocycles. The van der Waals surface area contributed by atoms with Gasteiger partial charge in [0.25, 0.3) is 5.95 Å². The number of halogens is 1. The average molecular weight is 476 g/mol. The molecule has 0 saturated carbocycles. The second kappa shape index (κ2) is 9.94. The minimum absolute atomic E-state index is 0.131.